The van der Waals surface area contributed by atoms with Gasteiger partial charge >= 0.3 is 0 Å². The Labute approximate surface area is 196 Å². The monoisotopic (exact) mass is 537 g/mol. The normalized spacial score (nSPS) is 10.7. The maximum absolute atomic E-state index is 12.1. The molecule has 2 amide bonds. The molecule has 0 fully saturated rings. The van der Waals surface area contributed by atoms with Crippen molar-refractivity contribution in [3.05, 3.63) is 51.1 Å². The second kappa shape index (κ2) is 12.9. The summed E-state index contributed by atoms with van der Waals surface area (Å²) in [6, 6.07) is 11.2. The van der Waals surface area contributed by atoms with Crippen molar-refractivity contribution in [3.8, 4) is 11.5 Å². The van der Waals surface area contributed by atoms with E-state index < -0.39 is 0 Å². The number of anilines is 1. The summed E-state index contributed by atoms with van der Waals surface area (Å²) in [6.07, 6.45) is 2.56. The first-order chi connectivity index (χ1) is 14.9. The molecule has 0 spiro atoms. The molecule has 0 radical (unpaired) electrons. The van der Waals surface area contributed by atoms with Gasteiger partial charge in [-0.15, -0.1) is 0 Å². The van der Waals surface area contributed by atoms with Gasteiger partial charge in [-0.3, -0.25) is 9.59 Å². The molecular formula is C23H28IN3O4. The smallest absolute Gasteiger partial charge is 0.240 e. The number of hydrogen-bond donors (Lipinski definition) is 2. The number of hydrogen-bond acceptors (Lipinski definition) is 5. The lowest BCUT2D eigenvalue weighted by atomic mass is 10.2. The molecule has 0 aliphatic carbocycles. The van der Waals surface area contributed by atoms with Crippen LogP contribution in [0.25, 0.3) is 0 Å². The molecule has 8 heteroatoms. The molecule has 0 saturated heterocycles. The number of halogens is 1. The van der Waals surface area contributed by atoms with Crippen molar-refractivity contribution in [2.45, 2.75) is 40.0 Å². The van der Waals surface area contributed by atoms with Crippen LogP contribution in [0.3, 0.4) is 0 Å². The SMILES string of the molecule is CCCOc1c(I)cc(C=NNC(=O)CCC(=O)Nc2ccccc2C)cc1OCC. The zero-order valence-electron chi connectivity index (χ0n) is 18.0. The van der Waals surface area contributed by atoms with Crippen LogP contribution in [0.5, 0.6) is 11.5 Å². The highest BCUT2D eigenvalue weighted by Crippen LogP contribution is 2.34. The summed E-state index contributed by atoms with van der Waals surface area (Å²) >= 11 is 2.19. The van der Waals surface area contributed by atoms with Gasteiger partial charge in [0.2, 0.25) is 11.8 Å². The first kappa shape index (κ1) is 24.6. The Morgan fingerprint density at radius 2 is 1.84 bits per heavy atom. The third-order valence-corrected chi connectivity index (χ3v) is 4.98. The van der Waals surface area contributed by atoms with Crippen LogP contribution in [0.15, 0.2) is 41.5 Å². The molecule has 0 aliphatic rings. The van der Waals surface area contributed by atoms with Crippen molar-refractivity contribution in [2.24, 2.45) is 5.10 Å². The van der Waals surface area contributed by atoms with E-state index in [2.05, 4.69) is 38.4 Å². The van der Waals surface area contributed by atoms with E-state index in [4.69, 9.17) is 9.47 Å². The van der Waals surface area contributed by atoms with Crippen LogP contribution in [-0.2, 0) is 9.59 Å². The quantitative estimate of drug-likeness (QED) is 0.248. The summed E-state index contributed by atoms with van der Waals surface area (Å²) in [5, 5.41) is 6.80. The zero-order chi connectivity index (χ0) is 22.6. The summed E-state index contributed by atoms with van der Waals surface area (Å²) in [5.74, 6) is 0.805. The number of rotatable bonds is 11. The second-order valence-corrected chi connectivity index (χ2v) is 7.93. The maximum atomic E-state index is 12.1. The predicted molar refractivity (Wildman–Crippen MR) is 131 cm³/mol. The molecule has 7 nitrogen and oxygen atoms in total. The number of carbonyl (C=O) groups is 2. The average molecular weight is 537 g/mol. The fourth-order valence-electron chi connectivity index (χ4n) is 2.66. The number of ether oxygens (including phenoxy) is 2. The van der Waals surface area contributed by atoms with E-state index in [-0.39, 0.29) is 24.7 Å². The van der Waals surface area contributed by atoms with Gasteiger partial charge in [0.05, 0.1) is 23.0 Å². The van der Waals surface area contributed by atoms with Gasteiger partial charge in [-0.25, -0.2) is 5.43 Å². The number of carbonyl (C=O) groups excluding carboxylic acids is 2. The fourth-order valence-corrected chi connectivity index (χ4v) is 3.44. The molecule has 0 atom stereocenters. The molecule has 2 rings (SSSR count). The molecule has 31 heavy (non-hydrogen) atoms. The molecule has 0 saturated carbocycles. The minimum atomic E-state index is -0.334. The first-order valence-corrected chi connectivity index (χ1v) is 11.3. The molecule has 0 aliphatic heterocycles. The molecule has 2 aromatic rings. The Morgan fingerprint density at radius 3 is 2.55 bits per heavy atom. The van der Waals surface area contributed by atoms with E-state index in [9.17, 15) is 9.59 Å². The molecule has 0 bridgehead atoms. The highest BCUT2D eigenvalue weighted by atomic mass is 127. The van der Waals surface area contributed by atoms with Crippen LogP contribution in [0, 0.1) is 10.5 Å². The summed E-state index contributed by atoms with van der Waals surface area (Å²) in [6.45, 7) is 6.99. The van der Waals surface area contributed by atoms with E-state index in [1.165, 1.54) is 0 Å². The van der Waals surface area contributed by atoms with E-state index in [0.717, 1.165) is 26.8 Å². The fraction of sp³-hybridized carbons (Fsp3) is 0.348. The van der Waals surface area contributed by atoms with Crippen LogP contribution in [-0.4, -0.2) is 31.2 Å². The van der Waals surface area contributed by atoms with Gasteiger partial charge in [0.25, 0.3) is 0 Å². The van der Waals surface area contributed by atoms with E-state index >= 15 is 0 Å². The van der Waals surface area contributed by atoms with Gasteiger partial charge in [0.1, 0.15) is 0 Å². The van der Waals surface area contributed by atoms with Gasteiger partial charge in [0, 0.05) is 18.5 Å². The van der Waals surface area contributed by atoms with Crippen LogP contribution >= 0.6 is 22.6 Å². The van der Waals surface area contributed by atoms with Gasteiger partial charge in [-0.05, 0) is 72.2 Å². The topological polar surface area (TPSA) is 89.0 Å². The molecular weight excluding hydrogens is 509 g/mol. The Morgan fingerprint density at radius 1 is 1.10 bits per heavy atom. The van der Waals surface area contributed by atoms with Gasteiger partial charge < -0.3 is 14.8 Å². The molecule has 0 aromatic heterocycles. The van der Waals surface area contributed by atoms with Crippen molar-refractivity contribution in [1.82, 2.24) is 5.43 Å². The number of nitrogens with one attached hydrogen (secondary N) is 2. The third kappa shape index (κ3) is 8.20. The highest BCUT2D eigenvalue weighted by molar-refractivity contribution is 14.1. The van der Waals surface area contributed by atoms with Crippen molar-refractivity contribution >= 4 is 46.3 Å². The number of nitrogens with zero attached hydrogens (tertiary/aromatic N) is 1. The van der Waals surface area contributed by atoms with Crippen LogP contribution in [0.2, 0.25) is 0 Å². The molecule has 0 unspecified atom stereocenters. The molecule has 2 N–H and O–H groups in total. The van der Waals surface area contributed by atoms with Crippen molar-refractivity contribution in [2.75, 3.05) is 18.5 Å². The average Bonchev–Trinajstić information content (AvgIpc) is 2.74. The van der Waals surface area contributed by atoms with Gasteiger partial charge in [0.15, 0.2) is 11.5 Å². The Kier molecular flexibility index (Phi) is 10.3. The van der Waals surface area contributed by atoms with Crippen molar-refractivity contribution < 1.29 is 19.1 Å². The number of aryl methyl sites for hydroxylation is 1. The predicted octanol–water partition coefficient (Wildman–Crippen LogP) is 4.66. The lowest BCUT2D eigenvalue weighted by Crippen LogP contribution is -2.20. The summed E-state index contributed by atoms with van der Waals surface area (Å²) in [4.78, 5) is 24.1. The Hall–Kier alpha value is -2.62. The number of amides is 2. The van der Waals surface area contributed by atoms with Crippen LogP contribution in [0.1, 0.15) is 44.2 Å². The van der Waals surface area contributed by atoms with Gasteiger partial charge in [-0.2, -0.15) is 5.10 Å². The molecule has 166 valence electrons. The lowest BCUT2D eigenvalue weighted by Gasteiger charge is -2.14. The van der Waals surface area contributed by atoms with Crippen LogP contribution < -0.4 is 20.2 Å². The van der Waals surface area contributed by atoms with Crippen molar-refractivity contribution in [3.63, 3.8) is 0 Å². The van der Waals surface area contributed by atoms with E-state index in [0.29, 0.717) is 24.7 Å². The number of para-hydroxylation sites is 1. The lowest BCUT2D eigenvalue weighted by molar-refractivity contribution is -0.124. The van der Waals surface area contributed by atoms with Crippen LogP contribution in [0.4, 0.5) is 5.69 Å². The summed E-state index contributed by atoms with van der Waals surface area (Å²) in [7, 11) is 0. The standard InChI is InChI=1S/C23H28IN3O4/c1-4-12-31-23-18(24)13-17(14-20(23)30-5-2)15-25-27-22(29)11-10-21(28)26-19-9-7-6-8-16(19)3/h6-9,13-15H,4-5,10-12H2,1-3H3,(H,26,28)(H,27,29). The summed E-state index contributed by atoms with van der Waals surface area (Å²) in [5.41, 5.74) is 4.95. The minimum absolute atomic E-state index is 0.0422. The maximum Gasteiger partial charge on any atom is 0.240 e. The molecule has 0 heterocycles. The van der Waals surface area contributed by atoms with Crippen molar-refractivity contribution in [1.29, 1.82) is 0 Å². The number of hydrazone groups is 1. The Bertz CT molecular complexity index is 931. The summed E-state index contributed by atoms with van der Waals surface area (Å²) < 4.78 is 12.4. The first-order valence-electron chi connectivity index (χ1n) is 10.2. The van der Waals surface area contributed by atoms with E-state index in [1.54, 1.807) is 6.21 Å². The van der Waals surface area contributed by atoms with Gasteiger partial charge in [-0.1, -0.05) is 25.1 Å². The zero-order valence-corrected chi connectivity index (χ0v) is 20.2. The van der Waals surface area contributed by atoms with E-state index in [1.807, 2.05) is 57.2 Å². The number of benzene rings is 2. The largest absolute Gasteiger partial charge is 0.490 e. The third-order valence-electron chi connectivity index (χ3n) is 4.18. The Balaban J connectivity index is 1.88. The second-order valence-electron chi connectivity index (χ2n) is 6.77. The molecule has 2 aromatic carbocycles. The minimum Gasteiger partial charge on any atom is -0.490 e. The highest BCUT2D eigenvalue weighted by Gasteiger charge is 2.12.